The van der Waals surface area contributed by atoms with E-state index in [-0.39, 0.29) is 0 Å². The number of nitrogens with zero attached hydrogens (tertiary/aromatic N) is 1. The molecule has 92 valence electrons. The number of hydrogen-bond acceptors (Lipinski definition) is 4. The Morgan fingerprint density at radius 2 is 2.00 bits per heavy atom. The van der Waals surface area contributed by atoms with Crippen molar-refractivity contribution in [1.29, 1.82) is 0 Å². The summed E-state index contributed by atoms with van der Waals surface area (Å²) < 4.78 is 10.1. The second-order valence-electron chi connectivity index (χ2n) is 3.73. The first-order valence-electron chi connectivity index (χ1n) is 5.03. The molecule has 0 atom stereocenters. The smallest absolute Gasteiger partial charge is 0.337 e. The van der Waals surface area contributed by atoms with Crippen LogP contribution in [0.25, 0.3) is 0 Å². The zero-order valence-electron chi connectivity index (χ0n) is 10.3. The van der Waals surface area contributed by atoms with Gasteiger partial charge in [-0.1, -0.05) is 6.07 Å². The summed E-state index contributed by atoms with van der Waals surface area (Å²) in [6.07, 6.45) is 0. The number of carbonyl (C=O) groups excluding carboxylic acids is 1. The van der Waals surface area contributed by atoms with E-state index in [1.54, 1.807) is 37.2 Å². The van der Waals surface area contributed by atoms with Crippen molar-refractivity contribution >= 4 is 23.4 Å². The standard InChI is InChI=1S/C12H15NO3S/c1-8-5-6-9(11(14)15-4)7-10(8)16-12(17)13(2)3/h5-7H,1-4H3. The van der Waals surface area contributed by atoms with Gasteiger partial charge < -0.3 is 14.4 Å². The van der Waals surface area contributed by atoms with Gasteiger partial charge in [-0.05, 0) is 36.8 Å². The van der Waals surface area contributed by atoms with Gasteiger partial charge in [-0.15, -0.1) is 0 Å². The summed E-state index contributed by atoms with van der Waals surface area (Å²) in [6.45, 7) is 1.88. The van der Waals surface area contributed by atoms with Crippen LogP contribution in [0, 0.1) is 6.92 Å². The molecule has 17 heavy (non-hydrogen) atoms. The average molecular weight is 253 g/mol. The number of rotatable bonds is 2. The SMILES string of the molecule is COC(=O)c1ccc(C)c(OC(=S)N(C)C)c1. The van der Waals surface area contributed by atoms with Crippen LogP contribution in [0.3, 0.4) is 0 Å². The first kappa shape index (κ1) is 13.4. The fourth-order valence-electron chi connectivity index (χ4n) is 1.14. The molecule has 0 aliphatic carbocycles. The van der Waals surface area contributed by atoms with Gasteiger partial charge in [-0.2, -0.15) is 0 Å². The molecule has 1 aromatic carbocycles. The van der Waals surface area contributed by atoms with E-state index in [4.69, 9.17) is 17.0 Å². The van der Waals surface area contributed by atoms with Crippen molar-refractivity contribution in [3.63, 3.8) is 0 Å². The summed E-state index contributed by atoms with van der Waals surface area (Å²) in [5.74, 6) is 0.164. The number of esters is 1. The number of thiocarbonyl (C=S) groups is 1. The summed E-state index contributed by atoms with van der Waals surface area (Å²) in [7, 11) is 4.93. The normalized spacial score (nSPS) is 9.65. The van der Waals surface area contributed by atoms with Crippen LogP contribution in [0.5, 0.6) is 5.75 Å². The molecule has 4 nitrogen and oxygen atoms in total. The van der Waals surface area contributed by atoms with Gasteiger partial charge in [0.25, 0.3) is 5.17 Å². The Kier molecular flexibility index (Phi) is 4.45. The monoisotopic (exact) mass is 253 g/mol. The number of benzene rings is 1. The Labute approximate surface area is 106 Å². The molecule has 0 aliphatic rings. The quantitative estimate of drug-likeness (QED) is 0.595. The van der Waals surface area contributed by atoms with E-state index in [2.05, 4.69) is 4.74 Å². The van der Waals surface area contributed by atoms with Gasteiger partial charge in [-0.3, -0.25) is 0 Å². The van der Waals surface area contributed by atoms with Crippen LogP contribution in [-0.4, -0.2) is 37.2 Å². The van der Waals surface area contributed by atoms with Crippen molar-refractivity contribution in [1.82, 2.24) is 4.90 Å². The van der Waals surface area contributed by atoms with Crippen molar-refractivity contribution in [2.75, 3.05) is 21.2 Å². The maximum atomic E-state index is 11.4. The molecule has 0 spiro atoms. The fourth-order valence-corrected chi connectivity index (χ4v) is 1.23. The number of ether oxygens (including phenoxy) is 2. The number of hydrogen-bond donors (Lipinski definition) is 0. The minimum atomic E-state index is -0.398. The highest BCUT2D eigenvalue weighted by atomic mass is 32.1. The number of carbonyl (C=O) groups is 1. The summed E-state index contributed by atoms with van der Waals surface area (Å²) in [4.78, 5) is 13.1. The molecule has 0 heterocycles. The highest BCUT2D eigenvalue weighted by molar-refractivity contribution is 7.80. The Morgan fingerprint density at radius 3 is 2.53 bits per heavy atom. The molecular weight excluding hydrogens is 238 g/mol. The van der Waals surface area contributed by atoms with E-state index < -0.39 is 5.97 Å². The molecule has 0 bridgehead atoms. The fraction of sp³-hybridized carbons (Fsp3) is 0.333. The molecule has 0 unspecified atom stereocenters. The van der Waals surface area contributed by atoms with Crippen molar-refractivity contribution in [3.05, 3.63) is 29.3 Å². The van der Waals surface area contributed by atoms with Gasteiger partial charge in [0.2, 0.25) is 0 Å². The lowest BCUT2D eigenvalue weighted by Gasteiger charge is -2.15. The highest BCUT2D eigenvalue weighted by Crippen LogP contribution is 2.20. The highest BCUT2D eigenvalue weighted by Gasteiger charge is 2.11. The van der Waals surface area contributed by atoms with Gasteiger partial charge in [0.1, 0.15) is 5.75 Å². The Morgan fingerprint density at radius 1 is 1.35 bits per heavy atom. The van der Waals surface area contributed by atoms with E-state index in [9.17, 15) is 4.79 Å². The minimum Gasteiger partial charge on any atom is -0.465 e. The summed E-state index contributed by atoms with van der Waals surface area (Å²) in [5, 5.41) is 0.343. The minimum absolute atomic E-state index is 0.343. The molecular formula is C12H15NO3S. The van der Waals surface area contributed by atoms with Crippen LogP contribution in [-0.2, 0) is 4.74 Å². The van der Waals surface area contributed by atoms with Crippen LogP contribution in [0.2, 0.25) is 0 Å². The summed E-state index contributed by atoms with van der Waals surface area (Å²) in [5.41, 5.74) is 1.34. The van der Waals surface area contributed by atoms with Crippen LogP contribution in [0.1, 0.15) is 15.9 Å². The van der Waals surface area contributed by atoms with Crippen molar-refractivity contribution in [3.8, 4) is 5.75 Å². The van der Waals surface area contributed by atoms with E-state index in [0.717, 1.165) is 5.56 Å². The van der Waals surface area contributed by atoms with Gasteiger partial charge in [0.05, 0.1) is 12.7 Å². The lowest BCUT2D eigenvalue weighted by molar-refractivity contribution is 0.0600. The zero-order valence-corrected chi connectivity index (χ0v) is 11.1. The second-order valence-corrected chi connectivity index (χ2v) is 4.08. The van der Waals surface area contributed by atoms with Crippen molar-refractivity contribution in [2.24, 2.45) is 0 Å². The third-order valence-corrected chi connectivity index (χ3v) is 2.62. The Hall–Kier alpha value is -1.62. The zero-order chi connectivity index (χ0) is 13.0. The molecule has 0 radical (unpaired) electrons. The number of aryl methyl sites for hydroxylation is 1. The average Bonchev–Trinajstić information content (AvgIpc) is 2.30. The first-order valence-corrected chi connectivity index (χ1v) is 5.44. The summed E-state index contributed by atoms with van der Waals surface area (Å²) >= 11 is 5.04. The predicted molar refractivity (Wildman–Crippen MR) is 69.4 cm³/mol. The third kappa shape index (κ3) is 3.42. The molecule has 1 rings (SSSR count). The van der Waals surface area contributed by atoms with Crippen molar-refractivity contribution < 1.29 is 14.3 Å². The van der Waals surface area contributed by atoms with E-state index in [1.807, 2.05) is 6.92 Å². The van der Waals surface area contributed by atoms with Crippen LogP contribution >= 0.6 is 12.2 Å². The molecule has 0 amide bonds. The van der Waals surface area contributed by atoms with Crippen molar-refractivity contribution in [2.45, 2.75) is 6.92 Å². The van der Waals surface area contributed by atoms with Gasteiger partial charge in [0.15, 0.2) is 0 Å². The van der Waals surface area contributed by atoms with Gasteiger partial charge >= 0.3 is 5.97 Å². The molecule has 0 aromatic heterocycles. The van der Waals surface area contributed by atoms with Gasteiger partial charge in [-0.25, -0.2) is 4.79 Å². The Bertz CT molecular complexity index is 443. The third-order valence-electron chi connectivity index (χ3n) is 2.17. The topological polar surface area (TPSA) is 38.8 Å². The molecule has 0 aliphatic heterocycles. The van der Waals surface area contributed by atoms with Crippen LogP contribution in [0.4, 0.5) is 0 Å². The van der Waals surface area contributed by atoms with E-state index in [1.165, 1.54) is 7.11 Å². The lowest BCUT2D eigenvalue weighted by atomic mass is 10.1. The maximum absolute atomic E-state index is 11.4. The number of methoxy groups -OCH3 is 1. The summed E-state index contributed by atoms with van der Waals surface area (Å²) in [6, 6.07) is 5.10. The largest absolute Gasteiger partial charge is 0.465 e. The second kappa shape index (κ2) is 5.63. The molecule has 1 aromatic rings. The lowest BCUT2D eigenvalue weighted by Crippen LogP contribution is -2.25. The Balaban J connectivity index is 2.99. The van der Waals surface area contributed by atoms with E-state index in [0.29, 0.717) is 16.5 Å². The first-order chi connectivity index (χ1) is 7.95. The molecule has 5 heteroatoms. The molecule has 0 saturated carbocycles. The van der Waals surface area contributed by atoms with Crippen LogP contribution < -0.4 is 4.74 Å². The molecule has 0 N–H and O–H groups in total. The maximum Gasteiger partial charge on any atom is 0.337 e. The molecule has 0 saturated heterocycles. The van der Waals surface area contributed by atoms with Gasteiger partial charge in [0, 0.05) is 14.1 Å². The predicted octanol–water partition coefficient (Wildman–Crippen LogP) is 2.01. The van der Waals surface area contributed by atoms with Crippen LogP contribution in [0.15, 0.2) is 18.2 Å². The van der Waals surface area contributed by atoms with E-state index >= 15 is 0 Å². The molecule has 0 fully saturated rings.